The number of anilines is 2. The molecule has 1 fully saturated rings. The van der Waals surface area contributed by atoms with Crippen molar-refractivity contribution >= 4 is 23.2 Å². The van der Waals surface area contributed by atoms with Crippen molar-refractivity contribution in [3.8, 4) is 5.75 Å². The summed E-state index contributed by atoms with van der Waals surface area (Å²) in [6.45, 7) is 3.29. The topological polar surface area (TPSA) is 67.4 Å². The standard InChI is InChI=1S/C21H21F3N2O3/c1-12-4-3-5-18(13(12)2)29-11-19(27)26-17-9-8-15(10-16(17)21(22,23)24)25-20(28)14-6-7-14/h3-5,8-10,14H,6-7,11H2,1-2H3,(H,25,28)(H,26,27). The lowest BCUT2D eigenvalue weighted by molar-refractivity contribution is -0.137. The number of halogens is 3. The molecule has 1 aliphatic rings. The van der Waals surface area contributed by atoms with Gasteiger partial charge in [0.2, 0.25) is 5.91 Å². The number of amides is 2. The zero-order valence-corrected chi connectivity index (χ0v) is 16.0. The van der Waals surface area contributed by atoms with Gasteiger partial charge in [0.15, 0.2) is 6.61 Å². The summed E-state index contributed by atoms with van der Waals surface area (Å²) in [6, 6.07) is 8.63. The first kappa shape index (κ1) is 20.7. The molecule has 0 unspecified atom stereocenters. The van der Waals surface area contributed by atoms with Gasteiger partial charge in [-0.1, -0.05) is 12.1 Å². The van der Waals surface area contributed by atoms with Crippen LogP contribution in [0.3, 0.4) is 0 Å². The van der Waals surface area contributed by atoms with Gasteiger partial charge in [-0.3, -0.25) is 9.59 Å². The molecule has 8 heteroatoms. The summed E-state index contributed by atoms with van der Waals surface area (Å²) in [5.74, 6) is -0.650. The molecule has 0 heterocycles. The Kier molecular flexibility index (Phi) is 5.81. The van der Waals surface area contributed by atoms with Gasteiger partial charge in [-0.2, -0.15) is 13.2 Å². The van der Waals surface area contributed by atoms with Crippen LogP contribution < -0.4 is 15.4 Å². The van der Waals surface area contributed by atoms with E-state index >= 15 is 0 Å². The Labute approximate surface area is 166 Å². The number of benzene rings is 2. The van der Waals surface area contributed by atoms with Crippen LogP contribution in [0.25, 0.3) is 0 Å². The summed E-state index contributed by atoms with van der Waals surface area (Å²) in [5.41, 5.74) is 0.444. The highest BCUT2D eigenvalue weighted by molar-refractivity contribution is 5.96. The number of ether oxygens (including phenoxy) is 1. The molecule has 29 heavy (non-hydrogen) atoms. The Morgan fingerprint density at radius 2 is 1.83 bits per heavy atom. The predicted octanol–water partition coefficient (Wildman–Crippen LogP) is 4.69. The van der Waals surface area contributed by atoms with E-state index in [-0.39, 0.29) is 17.5 Å². The van der Waals surface area contributed by atoms with E-state index in [2.05, 4.69) is 10.6 Å². The smallest absolute Gasteiger partial charge is 0.418 e. The van der Waals surface area contributed by atoms with Gasteiger partial charge in [-0.25, -0.2) is 0 Å². The molecule has 0 aliphatic heterocycles. The van der Waals surface area contributed by atoms with Gasteiger partial charge in [-0.15, -0.1) is 0 Å². The van der Waals surface area contributed by atoms with Crippen molar-refractivity contribution in [3.05, 3.63) is 53.1 Å². The molecule has 0 saturated heterocycles. The molecule has 1 saturated carbocycles. The molecular weight excluding hydrogens is 385 g/mol. The maximum Gasteiger partial charge on any atom is 0.418 e. The van der Waals surface area contributed by atoms with Crippen LogP contribution in [0.5, 0.6) is 5.75 Å². The molecule has 0 atom stereocenters. The Morgan fingerprint density at radius 3 is 2.48 bits per heavy atom. The molecule has 2 aromatic rings. The van der Waals surface area contributed by atoms with E-state index in [1.807, 2.05) is 19.9 Å². The highest BCUT2D eigenvalue weighted by atomic mass is 19.4. The highest BCUT2D eigenvalue weighted by Gasteiger charge is 2.35. The minimum Gasteiger partial charge on any atom is -0.483 e. The quantitative estimate of drug-likeness (QED) is 0.732. The number of hydrogen-bond acceptors (Lipinski definition) is 3. The molecule has 0 spiro atoms. The molecule has 0 aromatic heterocycles. The van der Waals surface area contributed by atoms with Crippen LogP contribution in [0.2, 0.25) is 0 Å². The number of aryl methyl sites for hydroxylation is 1. The van der Waals surface area contributed by atoms with Crippen molar-refractivity contribution in [1.82, 2.24) is 0 Å². The van der Waals surface area contributed by atoms with E-state index in [1.165, 1.54) is 6.07 Å². The highest BCUT2D eigenvalue weighted by Crippen LogP contribution is 2.37. The lowest BCUT2D eigenvalue weighted by Gasteiger charge is -2.16. The molecular formula is C21H21F3N2O3. The molecule has 2 amide bonds. The lowest BCUT2D eigenvalue weighted by Crippen LogP contribution is -2.23. The average Bonchev–Trinajstić information content (AvgIpc) is 3.48. The maximum atomic E-state index is 13.4. The van der Waals surface area contributed by atoms with Gasteiger partial charge in [0, 0.05) is 11.6 Å². The van der Waals surface area contributed by atoms with Gasteiger partial charge in [0.25, 0.3) is 5.91 Å². The minimum atomic E-state index is -4.70. The molecule has 2 N–H and O–H groups in total. The molecule has 0 bridgehead atoms. The van der Waals surface area contributed by atoms with Crippen LogP contribution in [0.1, 0.15) is 29.5 Å². The second kappa shape index (κ2) is 8.14. The fourth-order valence-electron chi connectivity index (χ4n) is 2.77. The van der Waals surface area contributed by atoms with E-state index in [4.69, 9.17) is 4.74 Å². The molecule has 154 valence electrons. The molecule has 1 aliphatic carbocycles. The van der Waals surface area contributed by atoms with Crippen LogP contribution in [-0.4, -0.2) is 18.4 Å². The fraction of sp³-hybridized carbons (Fsp3) is 0.333. The van der Waals surface area contributed by atoms with Crippen molar-refractivity contribution in [2.45, 2.75) is 32.9 Å². The van der Waals surface area contributed by atoms with Crippen LogP contribution in [0, 0.1) is 19.8 Å². The van der Waals surface area contributed by atoms with Gasteiger partial charge in [0.05, 0.1) is 11.3 Å². The van der Waals surface area contributed by atoms with Gasteiger partial charge >= 0.3 is 6.18 Å². The minimum absolute atomic E-state index is 0.0406. The van der Waals surface area contributed by atoms with E-state index in [0.29, 0.717) is 5.75 Å². The van der Waals surface area contributed by atoms with Crippen LogP contribution in [-0.2, 0) is 15.8 Å². The number of nitrogens with one attached hydrogen (secondary N) is 2. The van der Waals surface area contributed by atoms with E-state index in [1.54, 1.807) is 12.1 Å². The summed E-state index contributed by atoms with van der Waals surface area (Å²) >= 11 is 0. The number of rotatable bonds is 6. The van der Waals surface area contributed by atoms with Crippen molar-refractivity contribution in [2.75, 3.05) is 17.2 Å². The monoisotopic (exact) mass is 406 g/mol. The Bertz CT molecular complexity index is 937. The number of alkyl halides is 3. The van der Waals surface area contributed by atoms with Crippen molar-refractivity contribution in [3.63, 3.8) is 0 Å². The average molecular weight is 406 g/mol. The molecule has 3 rings (SSSR count). The summed E-state index contributed by atoms with van der Waals surface area (Å²) in [7, 11) is 0. The summed E-state index contributed by atoms with van der Waals surface area (Å²) in [6.07, 6.45) is -3.21. The zero-order chi connectivity index (χ0) is 21.2. The Hall–Kier alpha value is -3.03. The second-order valence-electron chi connectivity index (χ2n) is 7.06. The van der Waals surface area contributed by atoms with Gasteiger partial charge < -0.3 is 15.4 Å². The zero-order valence-electron chi connectivity index (χ0n) is 16.0. The van der Waals surface area contributed by atoms with E-state index in [9.17, 15) is 22.8 Å². The van der Waals surface area contributed by atoms with Crippen LogP contribution in [0.15, 0.2) is 36.4 Å². The number of carbonyl (C=O) groups is 2. The Balaban J connectivity index is 1.70. The third-order valence-electron chi connectivity index (χ3n) is 4.73. The largest absolute Gasteiger partial charge is 0.483 e. The molecule has 2 aromatic carbocycles. The maximum absolute atomic E-state index is 13.4. The SMILES string of the molecule is Cc1cccc(OCC(=O)Nc2ccc(NC(=O)C3CC3)cc2C(F)(F)F)c1C. The van der Waals surface area contributed by atoms with E-state index < -0.39 is 29.9 Å². The van der Waals surface area contributed by atoms with Gasteiger partial charge in [-0.05, 0) is 62.1 Å². The fourth-order valence-corrected chi connectivity index (χ4v) is 2.77. The first-order valence-corrected chi connectivity index (χ1v) is 9.16. The van der Waals surface area contributed by atoms with Gasteiger partial charge in [0.1, 0.15) is 5.75 Å². The van der Waals surface area contributed by atoms with Crippen LogP contribution in [0.4, 0.5) is 24.5 Å². The van der Waals surface area contributed by atoms with Crippen LogP contribution >= 0.6 is 0 Å². The molecule has 5 nitrogen and oxygen atoms in total. The molecule has 0 radical (unpaired) electrons. The normalized spacial score (nSPS) is 13.7. The Morgan fingerprint density at radius 1 is 1.10 bits per heavy atom. The first-order chi connectivity index (χ1) is 13.6. The number of hydrogen-bond donors (Lipinski definition) is 2. The van der Waals surface area contributed by atoms with Crippen molar-refractivity contribution in [2.24, 2.45) is 5.92 Å². The van der Waals surface area contributed by atoms with Crippen molar-refractivity contribution < 1.29 is 27.5 Å². The summed E-state index contributed by atoms with van der Waals surface area (Å²) in [4.78, 5) is 23.9. The third kappa shape index (κ3) is 5.28. The number of carbonyl (C=O) groups excluding carboxylic acids is 2. The second-order valence-corrected chi connectivity index (χ2v) is 7.06. The van der Waals surface area contributed by atoms with E-state index in [0.717, 1.165) is 36.1 Å². The lowest BCUT2D eigenvalue weighted by atomic mass is 10.1. The summed E-state index contributed by atoms with van der Waals surface area (Å²) < 4.78 is 45.8. The van der Waals surface area contributed by atoms with Crippen molar-refractivity contribution in [1.29, 1.82) is 0 Å². The first-order valence-electron chi connectivity index (χ1n) is 9.16. The predicted molar refractivity (Wildman–Crippen MR) is 103 cm³/mol. The summed E-state index contributed by atoms with van der Waals surface area (Å²) in [5, 5.41) is 4.72. The third-order valence-corrected chi connectivity index (χ3v) is 4.73.